The molecule has 5 nitrogen and oxygen atoms in total. The number of hydrogen-bond donors (Lipinski definition) is 1. The molecule has 0 aromatic carbocycles. The second-order valence-corrected chi connectivity index (χ2v) is 8.55. The predicted octanol–water partition coefficient (Wildman–Crippen LogP) is 2.30. The topological polar surface area (TPSA) is 74.7 Å². The third-order valence-corrected chi connectivity index (χ3v) is 6.87. The first kappa shape index (κ1) is 15.6. The van der Waals surface area contributed by atoms with Gasteiger partial charge >= 0.3 is 5.97 Å². The van der Waals surface area contributed by atoms with Crippen LogP contribution < -0.4 is 0 Å². The van der Waals surface area contributed by atoms with E-state index in [-0.39, 0.29) is 4.21 Å². The molecule has 0 fully saturated rings. The zero-order chi connectivity index (χ0) is 14.1. The van der Waals surface area contributed by atoms with E-state index < -0.39 is 28.6 Å². The van der Waals surface area contributed by atoms with Gasteiger partial charge in [-0.3, -0.25) is 4.79 Å². The molecule has 0 atom stereocenters. The zero-order valence-electron chi connectivity index (χ0n) is 10.2. The summed E-state index contributed by atoms with van der Waals surface area (Å²) in [6, 6.07) is 1.13. The Balaban J connectivity index is 3.21. The van der Waals surface area contributed by atoms with Gasteiger partial charge in [-0.1, -0.05) is 0 Å². The summed E-state index contributed by atoms with van der Waals surface area (Å²) >= 11 is 4.35. The van der Waals surface area contributed by atoms with Crippen LogP contribution in [0, 0.1) is 6.92 Å². The van der Waals surface area contributed by atoms with Crippen LogP contribution in [0.3, 0.4) is 0 Å². The van der Waals surface area contributed by atoms with Crippen molar-refractivity contribution >= 4 is 43.3 Å². The van der Waals surface area contributed by atoms with Gasteiger partial charge in [-0.25, -0.2) is 8.42 Å². The maximum atomic E-state index is 12.3. The fourth-order valence-corrected chi connectivity index (χ4v) is 5.29. The predicted molar refractivity (Wildman–Crippen MR) is 73.4 cm³/mol. The van der Waals surface area contributed by atoms with Crippen molar-refractivity contribution in [2.24, 2.45) is 0 Å². The normalized spacial score (nSPS) is 12.3. The summed E-state index contributed by atoms with van der Waals surface area (Å²) in [6.45, 7) is 4.55. The minimum atomic E-state index is -3.76. The molecule has 1 aromatic heterocycles. The molecule has 1 N–H and O–H groups in total. The number of aliphatic carboxylic acids is 1. The summed E-state index contributed by atoms with van der Waals surface area (Å²) in [5, 5.41) is 8.79. The Labute approximate surface area is 119 Å². The molecule has 0 saturated carbocycles. The van der Waals surface area contributed by atoms with Gasteiger partial charge in [-0.15, -0.1) is 11.3 Å². The van der Waals surface area contributed by atoms with Crippen molar-refractivity contribution in [3.63, 3.8) is 0 Å². The number of halogens is 1. The summed E-state index contributed by atoms with van der Waals surface area (Å²) in [5.41, 5.74) is 0.817. The number of aryl methyl sites for hydroxylation is 1. The number of carboxylic acids is 1. The Morgan fingerprint density at radius 1 is 1.56 bits per heavy atom. The van der Waals surface area contributed by atoms with E-state index in [1.54, 1.807) is 26.8 Å². The maximum Gasteiger partial charge on any atom is 0.318 e. The monoisotopic (exact) mass is 355 g/mol. The number of nitrogens with zero attached hydrogens (tertiary/aromatic N) is 1. The molecule has 0 saturated heterocycles. The van der Waals surface area contributed by atoms with Gasteiger partial charge in [0, 0.05) is 6.04 Å². The van der Waals surface area contributed by atoms with E-state index in [1.165, 1.54) is 0 Å². The molecule has 0 unspecified atom stereocenters. The lowest BCUT2D eigenvalue weighted by Gasteiger charge is -2.23. The number of carbonyl (C=O) groups is 1. The van der Waals surface area contributed by atoms with Crippen LogP contribution in [0.5, 0.6) is 0 Å². The van der Waals surface area contributed by atoms with Gasteiger partial charge in [-0.2, -0.15) is 4.31 Å². The summed E-state index contributed by atoms with van der Waals surface area (Å²) in [7, 11) is -3.76. The molecule has 0 aliphatic heterocycles. The fraction of sp³-hybridized carbons (Fsp3) is 0.500. The highest BCUT2D eigenvalue weighted by Crippen LogP contribution is 2.32. The first-order valence-corrected chi connectivity index (χ1v) is 8.20. The van der Waals surface area contributed by atoms with Crippen molar-refractivity contribution in [2.45, 2.75) is 31.0 Å². The number of thiophene rings is 1. The van der Waals surface area contributed by atoms with Gasteiger partial charge in [0.05, 0.1) is 3.79 Å². The minimum absolute atomic E-state index is 0.154. The SMILES string of the molecule is Cc1cc(S(=O)(=O)N(CC(=O)O)C(C)C)sc1Br. The third-order valence-electron chi connectivity index (χ3n) is 2.26. The van der Waals surface area contributed by atoms with Crippen LogP contribution >= 0.6 is 27.3 Å². The number of rotatable bonds is 5. The molecule has 102 valence electrons. The van der Waals surface area contributed by atoms with E-state index in [0.29, 0.717) is 0 Å². The molecule has 0 amide bonds. The van der Waals surface area contributed by atoms with E-state index in [2.05, 4.69) is 15.9 Å². The Hall–Kier alpha value is -0.440. The highest BCUT2D eigenvalue weighted by atomic mass is 79.9. The van der Waals surface area contributed by atoms with Gasteiger partial charge in [-0.05, 0) is 48.3 Å². The van der Waals surface area contributed by atoms with Crippen LogP contribution in [-0.4, -0.2) is 36.4 Å². The molecule has 18 heavy (non-hydrogen) atoms. The maximum absolute atomic E-state index is 12.3. The van der Waals surface area contributed by atoms with Crippen LogP contribution in [0.4, 0.5) is 0 Å². The molecule has 0 bridgehead atoms. The number of hydrogen-bond acceptors (Lipinski definition) is 4. The highest BCUT2D eigenvalue weighted by Gasteiger charge is 2.30. The molecule has 1 rings (SSSR count). The summed E-state index contributed by atoms with van der Waals surface area (Å²) in [5.74, 6) is -1.17. The molecule has 0 aliphatic carbocycles. The van der Waals surface area contributed by atoms with Crippen molar-refractivity contribution in [2.75, 3.05) is 6.54 Å². The lowest BCUT2D eigenvalue weighted by atomic mass is 10.4. The zero-order valence-corrected chi connectivity index (χ0v) is 13.4. The molecule has 0 radical (unpaired) electrons. The van der Waals surface area contributed by atoms with Gasteiger partial charge in [0.1, 0.15) is 10.8 Å². The van der Waals surface area contributed by atoms with Crippen molar-refractivity contribution in [1.29, 1.82) is 0 Å². The molecule has 8 heteroatoms. The van der Waals surface area contributed by atoms with E-state index in [1.807, 2.05) is 0 Å². The fourth-order valence-electron chi connectivity index (χ4n) is 1.35. The molecular formula is C10H14BrNO4S2. The van der Waals surface area contributed by atoms with Crippen LogP contribution in [0.15, 0.2) is 14.1 Å². The van der Waals surface area contributed by atoms with Gasteiger partial charge in [0.15, 0.2) is 0 Å². The first-order chi connectivity index (χ1) is 8.16. The largest absolute Gasteiger partial charge is 0.480 e. The van der Waals surface area contributed by atoms with Crippen molar-refractivity contribution in [3.05, 3.63) is 15.4 Å². The minimum Gasteiger partial charge on any atom is -0.480 e. The van der Waals surface area contributed by atoms with Crippen molar-refractivity contribution in [3.8, 4) is 0 Å². The molecule has 1 aromatic rings. The highest BCUT2D eigenvalue weighted by molar-refractivity contribution is 9.11. The van der Waals surface area contributed by atoms with E-state index in [9.17, 15) is 13.2 Å². The molecule has 0 spiro atoms. The van der Waals surface area contributed by atoms with Gasteiger partial charge in [0.25, 0.3) is 10.0 Å². The lowest BCUT2D eigenvalue weighted by molar-refractivity contribution is -0.137. The average Bonchev–Trinajstić information content (AvgIpc) is 2.55. The third kappa shape index (κ3) is 3.31. The van der Waals surface area contributed by atoms with Crippen LogP contribution in [-0.2, 0) is 14.8 Å². The number of carboxylic acid groups (broad SMARTS) is 1. The first-order valence-electron chi connectivity index (χ1n) is 5.16. The molecule has 1 heterocycles. The quantitative estimate of drug-likeness (QED) is 0.879. The summed E-state index contributed by atoms with van der Waals surface area (Å²) < 4.78 is 26.5. The second-order valence-electron chi connectivity index (χ2n) is 4.06. The van der Waals surface area contributed by atoms with Crippen molar-refractivity contribution in [1.82, 2.24) is 4.31 Å². The van der Waals surface area contributed by atoms with Crippen molar-refractivity contribution < 1.29 is 18.3 Å². The van der Waals surface area contributed by atoms with Crippen LogP contribution in [0.1, 0.15) is 19.4 Å². The van der Waals surface area contributed by atoms with E-state index >= 15 is 0 Å². The summed E-state index contributed by atoms with van der Waals surface area (Å²) in [4.78, 5) is 10.8. The Kier molecular flexibility index (Phi) is 4.93. The Bertz CT molecular complexity index is 531. The average molecular weight is 356 g/mol. The molecule has 0 aliphatic rings. The van der Waals surface area contributed by atoms with E-state index in [0.717, 1.165) is 25.0 Å². The Morgan fingerprint density at radius 3 is 2.44 bits per heavy atom. The summed E-state index contributed by atoms with van der Waals surface area (Å²) in [6.07, 6.45) is 0. The Morgan fingerprint density at radius 2 is 2.11 bits per heavy atom. The van der Waals surface area contributed by atoms with Crippen LogP contribution in [0.25, 0.3) is 0 Å². The molecular weight excluding hydrogens is 342 g/mol. The lowest BCUT2D eigenvalue weighted by Crippen LogP contribution is -2.40. The number of sulfonamides is 1. The second kappa shape index (κ2) is 5.68. The van der Waals surface area contributed by atoms with Gasteiger partial charge in [0.2, 0.25) is 0 Å². The van der Waals surface area contributed by atoms with Gasteiger partial charge < -0.3 is 5.11 Å². The van der Waals surface area contributed by atoms with E-state index in [4.69, 9.17) is 5.11 Å². The standard InChI is InChI=1S/C10H14BrNO4S2/c1-6(2)12(5-8(13)14)18(15,16)9-4-7(3)10(11)17-9/h4,6H,5H2,1-3H3,(H,13,14). The smallest absolute Gasteiger partial charge is 0.318 e. The van der Waals surface area contributed by atoms with Crippen LogP contribution in [0.2, 0.25) is 0 Å².